The summed E-state index contributed by atoms with van der Waals surface area (Å²) in [6.45, 7) is 1.55. The minimum Gasteiger partial charge on any atom is -0.493 e. The predicted octanol–water partition coefficient (Wildman–Crippen LogP) is 1.62. The number of rotatable bonds is 8. The fraction of sp³-hybridized carbons (Fsp3) is 0.333. The fourth-order valence-corrected chi connectivity index (χ4v) is 3.36. The number of nitrogens with zero attached hydrogens (tertiary/aromatic N) is 1. The zero-order chi connectivity index (χ0) is 21.6. The summed E-state index contributed by atoms with van der Waals surface area (Å²) >= 11 is 0.943. The second kappa shape index (κ2) is 9.82. The lowest BCUT2D eigenvalue weighted by molar-refractivity contribution is -0.113. The number of thioether (sulfide) groups is 1. The highest BCUT2D eigenvalue weighted by Gasteiger charge is 2.20. The average molecular weight is 423 g/mol. The second-order valence-electron chi connectivity index (χ2n) is 5.59. The second-order valence-corrected chi connectivity index (χ2v) is 6.55. The number of nitrogens with one attached hydrogen (secondary N) is 2. The molecule has 1 heterocycles. The van der Waals surface area contributed by atoms with E-state index < -0.39 is 11.7 Å². The first-order valence-electron chi connectivity index (χ1n) is 8.26. The number of benzene rings is 1. The van der Waals surface area contributed by atoms with Crippen molar-refractivity contribution in [3.8, 4) is 17.2 Å². The number of amides is 1. The molecule has 11 heteroatoms. The summed E-state index contributed by atoms with van der Waals surface area (Å²) in [4.78, 5) is 42.2. The number of carbonyl (C=O) groups is 2. The van der Waals surface area contributed by atoms with Crippen LogP contribution in [0.15, 0.2) is 22.0 Å². The molecule has 10 nitrogen and oxygen atoms in total. The summed E-state index contributed by atoms with van der Waals surface area (Å²) in [6, 6.07) is 3.17. The first kappa shape index (κ1) is 22.1. The number of anilines is 1. The average Bonchev–Trinajstić information content (AvgIpc) is 2.70. The smallest absolute Gasteiger partial charge is 0.346 e. The van der Waals surface area contributed by atoms with Gasteiger partial charge in [0.2, 0.25) is 11.7 Å². The van der Waals surface area contributed by atoms with Gasteiger partial charge in [0.05, 0.1) is 34.2 Å². The molecular weight excluding hydrogens is 402 g/mol. The Labute approximate surface area is 170 Å². The minimum absolute atomic E-state index is 0.101. The Bertz CT molecular complexity index is 949. The van der Waals surface area contributed by atoms with Crippen molar-refractivity contribution in [1.29, 1.82) is 0 Å². The molecule has 1 aromatic carbocycles. The summed E-state index contributed by atoms with van der Waals surface area (Å²) in [7, 11) is 5.63. The molecule has 0 unspecified atom stereocenters. The van der Waals surface area contributed by atoms with Crippen LogP contribution < -0.4 is 25.2 Å². The Morgan fingerprint density at radius 2 is 1.72 bits per heavy atom. The molecule has 156 valence electrons. The summed E-state index contributed by atoms with van der Waals surface area (Å²) in [6.07, 6.45) is 0. The van der Waals surface area contributed by atoms with E-state index >= 15 is 0 Å². The molecule has 1 aromatic heterocycles. The number of aryl methyl sites for hydroxylation is 1. The van der Waals surface area contributed by atoms with Gasteiger partial charge in [0.15, 0.2) is 11.5 Å². The third-order valence-electron chi connectivity index (χ3n) is 3.76. The van der Waals surface area contributed by atoms with Gasteiger partial charge in [0, 0.05) is 23.5 Å². The van der Waals surface area contributed by atoms with E-state index in [0.29, 0.717) is 28.6 Å². The van der Waals surface area contributed by atoms with Crippen molar-refractivity contribution in [2.45, 2.75) is 11.9 Å². The van der Waals surface area contributed by atoms with Crippen LogP contribution >= 0.6 is 11.8 Å². The zero-order valence-electron chi connectivity index (χ0n) is 16.6. The first-order chi connectivity index (χ1) is 13.8. The summed E-state index contributed by atoms with van der Waals surface area (Å²) < 4.78 is 20.5. The Morgan fingerprint density at radius 1 is 1.10 bits per heavy atom. The van der Waals surface area contributed by atoms with Gasteiger partial charge in [-0.25, -0.2) is 9.59 Å². The number of aromatic amines is 1. The predicted molar refractivity (Wildman–Crippen MR) is 106 cm³/mol. The Kier molecular flexibility index (Phi) is 7.48. The number of esters is 1. The number of methoxy groups -OCH3 is 4. The van der Waals surface area contributed by atoms with Gasteiger partial charge in [-0.2, -0.15) is 4.98 Å². The normalized spacial score (nSPS) is 10.2. The first-order valence-corrected chi connectivity index (χ1v) is 9.25. The number of H-pyrrole nitrogens is 1. The van der Waals surface area contributed by atoms with Crippen molar-refractivity contribution < 1.29 is 28.5 Å². The van der Waals surface area contributed by atoms with Gasteiger partial charge >= 0.3 is 11.7 Å². The van der Waals surface area contributed by atoms with Crippen molar-refractivity contribution in [3.63, 3.8) is 0 Å². The van der Waals surface area contributed by atoms with Gasteiger partial charge in [-0.3, -0.25) is 4.79 Å². The van der Waals surface area contributed by atoms with Gasteiger partial charge in [0.25, 0.3) is 0 Å². The Morgan fingerprint density at radius 3 is 2.24 bits per heavy atom. The highest BCUT2D eigenvalue weighted by molar-refractivity contribution is 8.00. The van der Waals surface area contributed by atoms with Crippen LogP contribution in [0.4, 0.5) is 5.69 Å². The van der Waals surface area contributed by atoms with Crippen molar-refractivity contribution in [1.82, 2.24) is 9.97 Å². The van der Waals surface area contributed by atoms with Gasteiger partial charge in [-0.05, 0) is 6.92 Å². The van der Waals surface area contributed by atoms with E-state index in [4.69, 9.17) is 18.9 Å². The molecule has 0 radical (unpaired) electrons. The van der Waals surface area contributed by atoms with Gasteiger partial charge in [0.1, 0.15) is 10.6 Å². The lowest BCUT2D eigenvalue weighted by Gasteiger charge is -2.14. The molecule has 0 saturated carbocycles. The minimum atomic E-state index is -0.654. The van der Waals surface area contributed by atoms with E-state index in [2.05, 4.69) is 15.3 Å². The third kappa shape index (κ3) is 5.19. The molecule has 0 aliphatic rings. The van der Waals surface area contributed by atoms with E-state index in [-0.39, 0.29) is 22.2 Å². The van der Waals surface area contributed by atoms with Crippen molar-refractivity contribution in [3.05, 3.63) is 33.9 Å². The Balaban J connectivity index is 2.19. The number of carbonyl (C=O) groups excluding carboxylic acids is 2. The van der Waals surface area contributed by atoms with E-state index in [1.165, 1.54) is 28.4 Å². The van der Waals surface area contributed by atoms with E-state index in [0.717, 1.165) is 11.8 Å². The maximum atomic E-state index is 12.4. The maximum absolute atomic E-state index is 12.4. The van der Waals surface area contributed by atoms with Crippen molar-refractivity contribution in [2.75, 3.05) is 39.5 Å². The third-order valence-corrected chi connectivity index (χ3v) is 4.74. The number of hydrogen-bond acceptors (Lipinski definition) is 9. The molecule has 0 bridgehead atoms. The molecular formula is C18H21N3O7S. The van der Waals surface area contributed by atoms with Crippen molar-refractivity contribution in [2.24, 2.45) is 0 Å². The SMILES string of the molecule is COC(=O)c1c(SCC(=O)Nc2cc(OC)c(OC)c(OC)c2)nc(=O)[nH]c1C. The molecule has 29 heavy (non-hydrogen) atoms. The lowest BCUT2D eigenvalue weighted by Crippen LogP contribution is -2.20. The molecule has 1 amide bonds. The summed E-state index contributed by atoms with van der Waals surface area (Å²) in [5.41, 5.74) is 0.220. The number of ether oxygens (including phenoxy) is 4. The highest BCUT2D eigenvalue weighted by Crippen LogP contribution is 2.40. The summed E-state index contributed by atoms with van der Waals surface area (Å²) in [5, 5.41) is 2.81. The number of hydrogen-bond donors (Lipinski definition) is 2. The fourth-order valence-electron chi connectivity index (χ4n) is 2.49. The molecule has 0 spiro atoms. The standard InChI is InChI=1S/C18H21N3O7S/c1-9-14(17(23)28-5)16(21-18(24)19-9)29-8-13(22)20-10-6-11(25-2)15(27-4)12(7-10)26-3/h6-7H,8H2,1-5H3,(H,20,22)(H,19,21,24). The maximum Gasteiger partial charge on any atom is 0.346 e. The topological polar surface area (TPSA) is 129 Å². The van der Waals surface area contributed by atoms with Crippen LogP contribution in [-0.2, 0) is 9.53 Å². The molecule has 0 fully saturated rings. The summed E-state index contributed by atoms with van der Waals surface area (Å²) in [5.74, 6) is 0.0209. The van der Waals surface area contributed by atoms with Crippen molar-refractivity contribution >= 4 is 29.3 Å². The molecule has 2 N–H and O–H groups in total. The molecule has 0 aliphatic carbocycles. The van der Waals surface area contributed by atoms with Crippen LogP contribution in [0.25, 0.3) is 0 Å². The lowest BCUT2D eigenvalue weighted by atomic mass is 10.2. The van der Waals surface area contributed by atoms with Gasteiger partial charge in [-0.15, -0.1) is 0 Å². The molecule has 2 rings (SSSR count). The highest BCUT2D eigenvalue weighted by atomic mass is 32.2. The number of aromatic nitrogens is 2. The van der Waals surface area contributed by atoms with Crippen LogP contribution in [0.1, 0.15) is 16.1 Å². The molecule has 0 saturated heterocycles. The largest absolute Gasteiger partial charge is 0.493 e. The molecule has 2 aromatic rings. The zero-order valence-corrected chi connectivity index (χ0v) is 17.4. The van der Waals surface area contributed by atoms with Gasteiger partial charge in [-0.1, -0.05) is 11.8 Å². The quantitative estimate of drug-likeness (QED) is 0.370. The monoisotopic (exact) mass is 423 g/mol. The Hall–Kier alpha value is -3.21. The van der Waals surface area contributed by atoms with Crippen LogP contribution in [0.5, 0.6) is 17.2 Å². The van der Waals surface area contributed by atoms with Crippen LogP contribution in [-0.4, -0.2) is 56.0 Å². The van der Waals surface area contributed by atoms with Crippen LogP contribution in [0, 0.1) is 6.92 Å². The van der Waals surface area contributed by atoms with E-state index in [9.17, 15) is 14.4 Å². The van der Waals surface area contributed by atoms with Gasteiger partial charge < -0.3 is 29.2 Å². The van der Waals surface area contributed by atoms with Crippen LogP contribution in [0.3, 0.4) is 0 Å². The van der Waals surface area contributed by atoms with Crippen LogP contribution in [0.2, 0.25) is 0 Å². The molecule has 0 aliphatic heterocycles. The van der Waals surface area contributed by atoms with E-state index in [1.807, 2.05) is 0 Å². The molecule has 0 atom stereocenters. The van der Waals surface area contributed by atoms with E-state index in [1.54, 1.807) is 19.1 Å².